The number of aldehydes is 1. The lowest BCUT2D eigenvalue weighted by molar-refractivity contribution is -0.200. The average molecular weight is 621 g/mol. The van der Waals surface area contributed by atoms with E-state index in [1.54, 1.807) is 11.8 Å². The van der Waals surface area contributed by atoms with Crippen molar-refractivity contribution in [3.63, 3.8) is 0 Å². The van der Waals surface area contributed by atoms with Gasteiger partial charge in [-0.3, -0.25) is 9.69 Å². The summed E-state index contributed by atoms with van der Waals surface area (Å²) in [7, 11) is -4.16. The lowest BCUT2D eigenvalue weighted by Gasteiger charge is -2.54. The fraction of sp³-hybridized carbons (Fsp3) is 0.926. The third-order valence-electron chi connectivity index (χ3n) is 7.08. The molecule has 2 aliphatic heterocycles. The van der Waals surface area contributed by atoms with E-state index in [1.165, 1.54) is 0 Å². The summed E-state index contributed by atoms with van der Waals surface area (Å²) in [5, 5.41) is 3.08. The lowest BCUT2D eigenvalue weighted by atomic mass is 9.85. The van der Waals surface area contributed by atoms with Crippen molar-refractivity contribution in [1.29, 1.82) is 0 Å². The highest BCUT2D eigenvalue weighted by Gasteiger charge is 2.57. The van der Waals surface area contributed by atoms with Crippen LogP contribution >= 0.6 is 11.8 Å². The minimum atomic E-state index is -2.14. The van der Waals surface area contributed by atoms with Gasteiger partial charge >= 0.3 is 0 Å². The summed E-state index contributed by atoms with van der Waals surface area (Å²) >= 11 is 1.60. The summed E-state index contributed by atoms with van der Waals surface area (Å²) in [4.78, 5) is 28.4. The predicted molar refractivity (Wildman–Crippen MR) is 169 cm³/mol. The molecule has 1 N–H and O–H groups in total. The average Bonchev–Trinajstić information content (AvgIpc) is 3.15. The minimum Gasteiger partial charge on any atom is -0.415 e. The highest BCUT2D eigenvalue weighted by atomic mass is 32.2. The Hall–Kier alpha value is -0.0594. The Morgan fingerprint density at radius 1 is 1.13 bits per heavy atom. The van der Waals surface area contributed by atoms with Crippen LogP contribution in [0.3, 0.4) is 0 Å². The van der Waals surface area contributed by atoms with Gasteiger partial charge in [-0.15, -0.1) is 11.8 Å². The molecular weight excluding hydrogens is 565 g/mol. The number of likely N-dealkylation sites (tertiary alicyclic amines) is 1. The number of hydrogen-bond acceptors (Lipinski definition) is 8. The first kappa shape index (κ1) is 35.1. The Balaban J connectivity index is 2.50. The summed E-state index contributed by atoms with van der Waals surface area (Å²) < 4.78 is 27.1. The zero-order valence-electron chi connectivity index (χ0n) is 26.6. The van der Waals surface area contributed by atoms with Crippen LogP contribution in [0, 0.1) is 5.92 Å². The number of thioether (sulfide) groups is 1. The third-order valence-corrected chi connectivity index (χ3v) is 10.9. The smallest absolute Gasteiger partial charge is 0.238 e. The monoisotopic (exact) mass is 620 g/mol. The first-order chi connectivity index (χ1) is 17.8. The molecule has 39 heavy (non-hydrogen) atoms. The molecule has 0 aromatic rings. The van der Waals surface area contributed by atoms with Gasteiger partial charge in [0.15, 0.2) is 25.0 Å². The number of amides is 1. The van der Waals surface area contributed by atoms with Crippen molar-refractivity contribution in [3.8, 4) is 0 Å². The van der Waals surface area contributed by atoms with Crippen molar-refractivity contribution >= 4 is 48.9 Å². The molecule has 2 fully saturated rings. The second kappa shape index (κ2) is 13.9. The van der Waals surface area contributed by atoms with Crippen LogP contribution in [0.25, 0.3) is 0 Å². The number of likely N-dealkylation sites (N-methyl/N-ethyl adjacent to an activating group) is 1. The van der Waals surface area contributed by atoms with Crippen LogP contribution < -0.4 is 5.32 Å². The number of carbonyl (C=O) groups is 2. The van der Waals surface area contributed by atoms with Crippen LogP contribution in [0.15, 0.2) is 0 Å². The Morgan fingerprint density at radius 3 is 2.26 bits per heavy atom. The number of hydrogen-bond donors (Lipinski definition) is 1. The van der Waals surface area contributed by atoms with E-state index in [1.807, 2.05) is 13.3 Å². The number of carbonyl (C=O) groups excluding carboxylic acids is 2. The molecule has 228 valence electrons. The SMILES string of the molecule is CCC[C@@H]1C[C@@H](C(=O)N[C@H](C=O)[C@H]2OC(SC)CC(CO[Si](C)(C)C)(O[Si](C)(C)C)C2O[Si](C)(C)C)N(C)C1. The molecule has 7 atom stereocenters. The predicted octanol–water partition coefficient (Wildman–Crippen LogP) is 4.93. The molecule has 0 aromatic carbocycles. The summed E-state index contributed by atoms with van der Waals surface area (Å²) in [6.45, 7) is 22.9. The Kier molecular flexibility index (Phi) is 12.6. The van der Waals surface area contributed by atoms with Crippen LogP contribution in [0.2, 0.25) is 58.9 Å². The van der Waals surface area contributed by atoms with E-state index in [4.69, 9.17) is 18.0 Å². The van der Waals surface area contributed by atoms with Gasteiger partial charge in [0.2, 0.25) is 5.91 Å². The van der Waals surface area contributed by atoms with E-state index < -0.39 is 48.8 Å². The minimum absolute atomic E-state index is 0.120. The molecular formula is C27H56N2O6SSi3. The Bertz CT molecular complexity index is 819. The third kappa shape index (κ3) is 10.6. The van der Waals surface area contributed by atoms with Crippen molar-refractivity contribution in [3.05, 3.63) is 0 Å². The van der Waals surface area contributed by atoms with E-state index in [9.17, 15) is 9.59 Å². The lowest BCUT2D eigenvalue weighted by Crippen LogP contribution is -2.70. The van der Waals surface area contributed by atoms with Gasteiger partial charge in [-0.2, -0.15) is 0 Å². The normalized spacial score (nSPS) is 31.7. The molecule has 2 heterocycles. The topological polar surface area (TPSA) is 86.3 Å². The molecule has 0 radical (unpaired) electrons. The molecule has 0 spiro atoms. The molecule has 2 saturated heterocycles. The van der Waals surface area contributed by atoms with Crippen molar-refractivity contribution in [2.75, 3.05) is 26.5 Å². The van der Waals surface area contributed by atoms with Crippen molar-refractivity contribution in [2.45, 2.75) is 127 Å². The largest absolute Gasteiger partial charge is 0.415 e. The molecule has 0 aromatic heterocycles. The number of ether oxygens (including phenoxy) is 1. The second-order valence-corrected chi connectivity index (χ2v) is 28.7. The molecule has 2 aliphatic rings. The molecule has 8 nitrogen and oxygen atoms in total. The molecule has 12 heteroatoms. The zero-order valence-corrected chi connectivity index (χ0v) is 30.4. The fourth-order valence-electron chi connectivity index (χ4n) is 5.66. The zero-order chi connectivity index (χ0) is 29.8. The number of nitrogens with one attached hydrogen (secondary N) is 1. The molecule has 1 amide bonds. The standard InChI is InChI=1S/C27H56N2O6SSi3/c1-13-14-20-15-22(29(2)17-20)26(31)28-21(18-30)24-25(34-38(7,8)9)27(35-39(10,11)12,16-23(33-24)36-3)19-32-37(4,5)6/h18,20-25H,13-17,19H2,1-12H3,(H,28,31)/t20-,21-,22+,23?,24-,25?,27?/m1/s1. The quantitative estimate of drug-likeness (QED) is 0.216. The van der Waals surface area contributed by atoms with Gasteiger partial charge in [-0.25, -0.2) is 0 Å². The fourth-order valence-corrected chi connectivity index (χ4v) is 9.62. The van der Waals surface area contributed by atoms with E-state index in [2.05, 4.69) is 76.1 Å². The van der Waals surface area contributed by atoms with Crippen molar-refractivity contribution in [2.24, 2.45) is 5.92 Å². The van der Waals surface area contributed by atoms with Gasteiger partial charge in [0, 0.05) is 13.0 Å². The van der Waals surface area contributed by atoms with Crippen LogP contribution in [0.5, 0.6) is 0 Å². The van der Waals surface area contributed by atoms with Crippen molar-refractivity contribution < 1.29 is 27.6 Å². The van der Waals surface area contributed by atoms with E-state index in [0.717, 1.165) is 32.1 Å². The van der Waals surface area contributed by atoms with Gasteiger partial charge in [0.05, 0.1) is 12.6 Å². The summed E-state index contributed by atoms with van der Waals surface area (Å²) in [5.41, 5.74) is -1.01. The highest BCUT2D eigenvalue weighted by Crippen LogP contribution is 2.42. The van der Waals surface area contributed by atoms with Gasteiger partial charge in [-0.1, -0.05) is 13.3 Å². The van der Waals surface area contributed by atoms with E-state index in [0.29, 0.717) is 18.9 Å². The highest BCUT2D eigenvalue weighted by molar-refractivity contribution is 7.99. The van der Waals surface area contributed by atoms with Crippen molar-refractivity contribution in [1.82, 2.24) is 10.2 Å². The maximum Gasteiger partial charge on any atom is 0.238 e. The van der Waals surface area contributed by atoms with Gasteiger partial charge in [-0.05, 0) is 91.0 Å². The number of rotatable bonds is 14. The number of nitrogens with zero attached hydrogens (tertiary/aromatic N) is 1. The summed E-state index contributed by atoms with van der Waals surface area (Å²) in [6.07, 6.45) is 5.19. The maximum atomic E-state index is 13.6. The van der Waals surface area contributed by atoms with Crippen LogP contribution in [-0.4, -0.2) is 104 Å². The Labute approximate surface area is 245 Å². The van der Waals surface area contributed by atoms with Crippen LogP contribution in [0.4, 0.5) is 0 Å². The summed E-state index contributed by atoms with van der Waals surface area (Å²) in [5.74, 6) is 0.376. The second-order valence-electron chi connectivity index (χ2n) is 14.3. The van der Waals surface area contributed by atoms with Gasteiger partial charge in [0.25, 0.3) is 0 Å². The maximum absolute atomic E-state index is 13.6. The van der Waals surface area contributed by atoms with Gasteiger partial charge < -0.3 is 28.1 Å². The molecule has 2 rings (SSSR count). The molecule has 0 aliphatic carbocycles. The van der Waals surface area contributed by atoms with Gasteiger partial charge in [0.1, 0.15) is 35.6 Å². The molecule has 0 bridgehead atoms. The van der Waals surface area contributed by atoms with E-state index in [-0.39, 0.29) is 17.4 Å². The van der Waals surface area contributed by atoms with Crippen LogP contribution in [0.1, 0.15) is 32.6 Å². The van der Waals surface area contributed by atoms with E-state index >= 15 is 0 Å². The molecule has 3 unspecified atom stereocenters. The Morgan fingerprint density at radius 2 is 1.77 bits per heavy atom. The first-order valence-corrected chi connectivity index (χ1v) is 26.0. The molecule has 0 saturated carbocycles. The van der Waals surface area contributed by atoms with Crippen LogP contribution in [-0.2, 0) is 27.6 Å². The first-order valence-electron chi connectivity index (χ1n) is 14.5. The summed E-state index contributed by atoms with van der Waals surface area (Å²) in [6, 6.07) is -1.11.